The van der Waals surface area contributed by atoms with E-state index in [2.05, 4.69) is 4.98 Å². The van der Waals surface area contributed by atoms with E-state index in [9.17, 15) is 20.0 Å². The maximum absolute atomic E-state index is 11.6. The van der Waals surface area contributed by atoms with E-state index in [1.165, 1.54) is 32.4 Å². The molecule has 10 heteroatoms. The molecule has 144 valence electrons. The number of nitro groups is 1. The highest BCUT2D eigenvalue weighted by molar-refractivity contribution is 8.03. The highest BCUT2D eigenvalue weighted by Gasteiger charge is 2.18. The lowest BCUT2D eigenvalue weighted by atomic mass is 10.1. The molecule has 3 aromatic rings. The number of fused-ring (bicyclic) bond motifs is 1. The predicted octanol–water partition coefficient (Wildman–Crippen LogP) is 2.64. The van der Waals surface area contributed by atoms with E-state index >= 15 is 0 Å². The first-order valence-electron chi connectivity index (χ1n) is 7.79. The summed E-state index contributed by atoms with van der Waals surface area (Å²) in [4.78, 5) is 26.1. The van der Waals surface area contributed by atoms with Crippen LogP contribution in [0.3, 0.4) is 0 Å². The Morgan fingerprint density at radius 2 is 2.00 bits per heavy atom. The number of benzene rings is 2. The number of methoxy groups -OCH3 is 2. The summed E-state index contributed by atoms with van der Waals surface area (Å²) in [5.74, 6) is -1.27. The van der Waals surface area contributed by atoms with Crippen LogP contribution in [0.15, 0.2) is 50.9 Å². The summed E-state index contributed by atoms with van der Waals surface area (Å²) in [6.45, 7) is 0. The van der Waals surface area contributed by atoms with Gasteiger partial charge in [0.15, 0.2) is 17.1 Å². The van der Waals surface area contributed by atoms with Crippen molar-refractivity contribution in [1.29, 1.82) is 0 Å². The molecular formula is C18H13N2O7S-. The Balaban J connectivity index is 2.07. The molecule has 0 unspecified atom stereocenters. The van der Waals surface area contributed by atoms with Gasteiger partial charge in [-0.15, -0.1) is 0 Å². The second kappa shape index (κ2) is 8.01. The fraction of sp³-hybridized carbons (Fsp3) is 0.111. The van der Waals surface area contributed by atoms with E-state index in [0.29, 0.717) is 11.1 Å². The molecule has 2 aromatic carbocycles. The summed E-state index contributed by atoms with van der Waals surface area (Å²) >= 11 is 0.719. The number of nitro benzene ring substituents is 1. The summed E-state index contributed by atoms with van der Waals surface area (Å²) in [6.07, 6.45) is 1.18. The van der Waals surface area contributed by atoms with Crippen LogP contribution in [0.4, 0.5) is 5.69 Å². The first-order chi connectivity index (χ1) is 13.4. The summed E-state index contributed by atoms with van der Waals surface area (Å²) in [5, 5.41) is 22.9. The minimum absolute atomic E-state index is 0.0903. The lowest BCUT2D eigenvalue weighted by molar-refractivity contribution is -0.385. The number of aromatic nitrogens is 1. The van der Waals surface area contributed by atoms with Crippen molar-refractivity contribution in [3.05, 3.63) is 57.0 Å². The Hall–Kier alpha value is -3.53. The van der Waals surface area contributed by atoms with Crippen molar-refractivity contribution >= 4 is 40.6 Å². The average molecular weight is 401 g/mol. The molecule has 0 saturated carbocycles. The zero-order valence-electron chi connectivity index (χ0n) is 14.7. The Morgan fingerprint density at radius 3 is 2.61 bits per heavy atom. The molecule has 0 amide bonds. The van der Waals surface area contributed by atoms with Crippen molar-refractivity contribution < 1.29 is 28.7 Å². The summed E-state index contributed by atoms with van der Waals surface area (Å²) < 4.78 is 15.8. The van der Waals surface area contributed by atoms with Gasteiger partial charge in [-0.1, -0.05) is 12.1 Å². The number of aliphatic carboxylic acids is 1. The molecule has 3 rings (SSSR count). The van der Waals surface area contributed by atoms with Gasteiger partial charge in [0.05, 0.1) is 31.2 Å². The largest absolute Gasteiger partial charge is 0.544 e. The Labute approximate surface area is 162 Å². The van der Waals surface area contributed by atoms with Gasteiger partial charge in [0, 0.05) is 16.5 Å². The SMILES string of the molecule is COc1cc([N+](=O)[O-])cc(/C=C(\Sc2nc3ccccc3o2)C(=O)[O-])c1OC. The quantitative estimate of drug-likeness (QED) is 0.254. The molecule has 0 aliphatic heterocycles. The molecule has 0 N–H and O–H groups in total. The third-order valence-electron chi connectivity index (χ3n) is 3.66. The Kier molecular flexibility index (Phi) is 5.50. The van der Waals surface area contributed by atoms with E-state index in [0.717, 1.165) is 11.8 Å². The van der Waals surface area contributed by atoms with Crippen LogP contribution in [0.2, 0.25) is 0 Å². The molecule has 0 aliphatic carbocycles. The zero-order valence-corrected chi connectivity index (χ0v) is 15.5. The van der Waals surface area contributed by atoms with Crippen LogP contribution >= 0.6 is 11.8 Å². The Morgan fingerprint density at radius 1 is 1.25 bits per heavy atom. The number of hydrogen-bond donors (Lipinski definition) is 0. The fourth-order valence-corrected chi connectivity index (χ4v) is 3.18. The molecule has 9 nitrogen and oxygen atoms in total. The predicted molar refractivity (Wildman–Crippen MR) is 99.1 cm³/mol. The smallest absolute Gasteiger partial charge is 0.274 e. The molecule has 1 aromatic heterocycles. The number of ether oxygens (including phenoxy) is 2. The number of hydrogen-bond acceptors (Lipinski definition) is 9. The molecular weight excluding hydrogens is 388 g/mol. The van der Waals surface area contributed by atoms with Crippen LogP contribution in [-0.2, 0) is 4.79 Å². The number of carboxylic acids is 1. The van der Waals surface area contributed by atoms with E-state index < -0.39 is 10.9 Å². The maximum Gasteiger partial charge on any atom is 0.274 e. The topological polar surface area (TPSA) is 128 Å². The molecule has 0 bridgehead atoms. The lowest BCUT2D eigenvalue weighted by Crippen LogP contribution is -2.23. The molecule has 1 heterocycles. The molecule has 0 saturated heterocycles. The van der Waals surface area contributed by atoms with E-state index in [-0.39, 0.29) is 32.9 Å². The normalized spacial score (nSPS) is 11.4. The zero-order chi connectivity index (χ0) is 20.3. The molecule has 0 atom stereocenters. The molecule has 0 aliphatic rings. The van der Waals surface area contributed by atoms with Gasteiger partial charge in [0.25, 0.3) is 10.9 Å². The van der Waals surface area contributed by atoms with Gasteiger partial charge in [0.2, 0.25) is 0 Å². The van der Waals surface area contributed by atoms with Crippen molar-refractivity contribution in [3.63, 3.8) is 0 Å². The average Bonchev–Trinajstić information content (AvgIpc) is 3.08. The molecule has 0 fully saturated rings. The fourth-order valence-electron chi connectivity index (χ4n) is 2.45. The summed E-state index contributed by atoms with van der Waals surface area (Å²) in [7, 11) is 2.66. The second-order valence-corrected chi connectivity index (χ2v) is 6.37. The summed E-state index contributed by atoms with van der Waals surface area (Å²) in [6, 6.07) is 9.31. The van der Waals surface area contributed by atoms with E-state index in [4.69, 9.17) is 13.9 Å². The summed E-state index contributed by atoms with van der Waals surface area (Å²) in [5.41, 5.74) is 0.916. The van der Waals surface area contributed by atoms with Crippen molar-refractivity contribution in [1.82, 2.24) is 4.98 Å². The number of thioether (sulfide) groups is 1. The van der Waals surface area contributed by atoms with Crippen molar-refractivity contribution in [2.24, 2.45) is 0 Å². The van der Waals surface area contributed by atoms with Gasteiger partial charge in [0.1, 0.15) is 5.52 Å². The minimum atomic E-state index is -1.50. The minimum Gasteiger partial charge on any atom is -0.544 e. The number of carboxylic acid groups (broad SMARTS) is 1. The van der Waals surface area contributed by atoms with Gasteiger partial charge >= 0.3 is 0 Å². The van der Waals surface area contributed by atoms with E-state index in [1.54, 1.807) is 24.3 Å². The first-order valence-corrected chi connectivity index (χ1v) is 8.61. The lowest BCUT2D eigenvalue weighted by Gasteiger charge is -2.12. The third-order valence-corrected chi connectivity index (χ3v) is 4.52. The van der Waals surface area contributed by atoms with Crippen LogP contribution in [0, 0.1) is 10.1 Å². The van der Waals surface area contributed by atoms with Gasteiger partial charge in [-0.3, -0.25) is 10.1 Å². The number of non-ortho nitro benzene ring substituents is 1. The van der Waals surface area contributed by atoms with Gasteiger partial charge in [-0.2, -0.15) is 0 Å². The van der Waals surface area contributed by atoms with Crippen LogP contribution < -0.4 is 14.6 Å². The molecule has 28 heavy (non-hydrogen) atoms. The van der Waals surface area contributed by atoms with Gasteiger partial charge < -0.3 is 23.8 Å². The third kappa shape index (κ3) is 3.91. The van der Waals surface area contributed by atoms with Gasteiger partial charge in [-0.25, -0.2) is 4.98 Å². The van der Waals surface area contributed by atoms with Crippen LogP contribution in [0.1, 0.15) is 5.56 Å². The number of carbonyl (C=O) groups is 1. The van der Waals surface area contributed by atoms with Crippen molar-refractivity contribution in [3.8, 4) is 11.5 Å². The number of nitrogens with zero attached hydrogens (tertiary/aromatic N) is 2. The van der Waals surface area contributed by atoms with E-state index in [1.807, 2.05) is 0 Å². The highest BCUT2D eigenvalue weighted by Crippen LogP contribution is 2.38. The Bertz CT molecular complexity index is 1060. The van der Waals surface area contributed by atoms with Crippen molar-refractivity contribution in [2.75, 3.05) is 14.2 Å². The van der Waals surface area contributed by atoms with Crippen LogP contribution in [-0.4, -0.2) is 30.1 Å². The van der Waals surface area contributed by atoms with Gasteiger partial charge in [-0.05, 0) is 30.0 Å². The van der Waals surface area contributed by atoms with Crippen LogP contribution in [0.5, 0.6) is 11.5 Å². The van der Waals surface area contributed by atoms with Crippen molar-refractivity contribution in [2.45, 2.75) is 5.22 Å². The monoisotopic (exact) mass is 401 g/mol. The molecule has 0 spiro atoms. The first kappa shape index (κ1) is 19.2. The number of para-hydroxylation sites is 2. The number of rotatable bonds is 7. The standard InChI is InChI=1S/C18H14N2O7S/c1-25-14-9-11(20(23)24)7-10(16(14)26-2)8-15(17(21)22)28-18-19-12-5-3-4-6-13(12)27-18/h3-9H,1-2H3,(H,21,22)/p-1/b15-8-. The number of oxazole rings is 1. The maximum atomic E-state index is 11.6. The molecule has 0 radical (unpaired) electrons. The van der Waals surface area contributed by atoms with Crippen LogP contribution in [0.25, 0.3) is 17.2 Å². The second-order valence-electron chi connectivity index (χ2n) is 5.37. The number of carbonyl (C=O) groups excluding carboxylic acids is 1. The highest BCUT2D eigenvalue weighted by atomic mass is 32.2.